The molecule has 0 radical (unpaired) electrons. The molecule has 0 aromatic carbocycles. The molecule has 1 atom stereocenters. The predicted octanol–water partition coefficient (Wildman–Crippen LogP) is 1.80. The Hall–Kier alpha value is 0.0106. The smallest absolute Gasteiger partial charge is 0.419 e. The van der Waals surface area contributed by atoms with E-state index in [1.54, 1.807) is 0 Å². The van der Waals surface area contributed by atoms with Gasteiger partial charge in [0.2, 0.25) is 0 Å². The molecule has 1 aliphatic carbocycles. The summed E-state index contributed by atoms with van der Waals surface area (Å²) in [4.78, 5) is 10.7. The monoisotopic (exact) mass is 274 g/mol. The van der Waals surface area contributed by atoms with E-state index in [4.69, 9.17) is 8.23 Å². The lowest BCUT2D eigenvalue weighted by Gasteiger charge is -2.34. The van der Waals surface area contributed by atoms with Gasteiger partial charge < -0.3 is 13.0 Å². The van der Waals surface area contributed by atoms with E-state index in [9.17, 15) is 4.80 Å². The third kappa shape index (κ3) is 4.11. The van der Waals surface area contributed by atoms with E-state index in [1.807, 2.05) is 18.2 Å². The highest BCUT2D eigenvalue weighted by molar-refractivity contribution is 6.76. The first-order valence-corrected chi connectivity index (χ1v) is 13.3. The van der Waals surface area contributed by atoms with E-state index >= 15 is 0 Å². The first-order valence-electron chi connectivity index (χ1n) is 5.85. The molecule has 92 valence electrons. The van der Waals surface area contributed by atoms with Crippen LogP contribution in [0.2, 0.25) is 31.7 Å². The van der Waals surface area contributed by atoms with Crippen LogP contribution in [0.15, 0.2) is 24.3 Å². The number of allylic oxidation sites excluding steroid dienone is 4. The lowest BCUT2D eigenvalue weighted by Crippen LogP contribution is -2.52. The van der Waals surface area contributed by atoms with Gasteiger partial charge in [-0.25, -0.2) is 0 Å². The van der Waals surface area contributed by atoms with Crippen molar-refractivity contribution in [3.05, 3.63) is 24.3 Å². The average Bonchev–Trinajstić information content (AvgIpc) is 2.16. The Morgan fingerprint density at radius 3 is 2.06 bits per heavy atom. The molecule has 0 aromatic rings. The fraction of sp³-hybridized carbons (Fsp3) is 0.600. The molecule has 1 aliphatic rings. The van der Waals surface area contributed by atoms with Crippen molar-refractivity contribution in [1.82, 2.24) is 0 Å². The maximum absolute atomic E-state index is 10.7. The zero-order chi connectivity index (χ0) is 12.2. The van der Waals surface area contributed by atoms with E-state index in [0.717, 1.165) is 6.42 Å². The lowest BCUT2D eigenvalue weighted by atomic mass is 10.2. The Morgan fingerprint density at radius 2 is 1.69 bits per heavy atom. The molecule has 6 heteroatoms. The second kappa shape index (κ2) is 6.08. The van der Waals surface area contributed by atoms with Crippen LogP contribution in [-0.2, 0) is 8.23 Å². The Kier molecular flexibility index (Phi) is 5.35. The predicted molar refractivity (Wildman–Crippen MR) is 74.5 cm³/mol. The molecule has 0 heterocycles. The van der Waals surface area contributed by atoms with Gasteiger partial charge in [0, 0.05) is 5.54 Å². The second-order valence-electron chi connectivity index (χ2n) is 4.62. The lowest BCUT2D eigenvalue weighted by molar-refractivity contribution is 0.244. The van der Waals surface area contributed by atoms with Gasteiger partial charge in [0.05, 0.1) is 0 Å². The van der Waals surface area contributed by atoms with E-state index < -0.39 is 26.9 Å². The second-order valence-corrected chi connectivity index (χ2v) is 12.7. The number of rotatable bonds is 5. The third-order valence-electron chi connectivity index (χ3n) is 2.26. The van der Waals surface area contributed by atoms with Crippen molar-refractivity contribution in [2.45, 2.75) is 38.2 Å². The Balaban J connectivity index is 2.76. The molecule has 16 heavy (non-hydrogen) atoms. The topological polar surface area (TPSA) is 38.7 Å². The van der Waals surface area contributed by atoms with Crippen molar-refractivity contribution in [1.29, 1.82) is 0 Å². The minimum atomic E-state index is -2.99. The summed E-state index contributed by atoms with van der Waals surface area (Å²) in [7, 11) is -5.54. The van der Waals surface area contributed by atoms with Crippen LogP contribution in [0.5, 0.6) is 0 Å². The molecular formula is C10H22O3Si3. The summed E-state index contributed by atoms with van der Waals surface area (Å²) in [5.41, 5.74) is 0.0577. The van der Waals surface area contributed by atoms with Crippen molar-refractivity contribution < 1.29 is 13.0 Å². The van der Waals surface area contributed by atoms with Crippen LogP contribution in [-0.4, -0.2) is 31.7 Å². The Morgan fingerprint density at radius 1 is 1.12 bits per heavy atom. The van der Waals surface area contributed by atoms with Gasteiger partial charge in [0.25, 0.3) is 0 Å². The summed E-state index contributed by atoms with van der Waals surface area (Å²) >= 11 is 0. The van der Waals surface area contributed by atoms with Crippen molar-refractivity contribution in [2.75, 3.05) is 0 Å². The van der Waals surface area contributed by atoms with Crippen LogP contribution < -0.4 is 0 Å². The molecule has 0 amide bonds. The SMILES string of the molecule is C[SiH](C)O[Si](O)(O[SiH](C)C)C1C=CC=CC1. The highest BCUT2D eigenvalue weighted by Crippen LogP contribution is 2.30. The van der Waals surface area contributed by atoms with Crippen LogP contribution in [0.1, 0.15) is 6.42 Å². The average molecular weight is 275 g/mol. The normalized spacial score (nSPS) is 21.1. The number of hydrogen-bond acceptors (Lipinski definition) is 3. The molecule has 0 spiro atoms. The zero-order valence-corrected chi connectivity index (χ0v) is 13.8. The van der Waals surface area contributed by atoms with Crippen molar-refractivity contribution >= 4 is 26.9 Å². The molecule has 0 bridgehead atoms. The van der Waals surface area contributed by atoms with Gasteiger partial charge in [-0.1, -0.05) is 24.3 Å². The van der Waals surface area contributed by atoms with E-state index in [-0.39, 0.29) is 5.54 Å². The summed E-state index contributed by atoms with van der Waals surface area (Å²) in [6.07, 6.45) is 8.91. The first kappa shape index (κ1) is 14.1. The van der Waals surface area contributed by atoms with Gasteiger partial charge in [-0.15, -0.1) is 0 Å². The molecule has 1 N–H and O–H groups in total. The summed E-state index contributed by atoms with van der Waals surface area (Å²) in [5, 5.41) is 0. The Labute approximate surface area is 103 Å². The largest absolute Gasteiger partial charge is 0.484 e. The highest BCUT2D eigenvalue weighted by Gasteiger charge is 2.45. The van der Waals surface area contributed by atoms with Gasteiger partial charge in [0.15, 0.2) is 18.1 Å². The van der Waals surface area contributed by atoms with Crippen molar-refractivity contribution in [3.63, 3.8) is 0 Å². The fourth-order valence-electron chi connectivity index (χ4n) is 1.73. The van der Waals surface area contributed by atoms with Gasteiger partial charge >= 0.3 is 8.80 Å². The molecule has 0 aromatic heterocycles. The van der Waals surface area contributed by atoms with E-state index in [2.05, 4.69) is 32.3 Å². The van der Waals surface area contributed by atoms with Crippen molar-refractivity contribution in [2.24, 2.45) is 0 Å². The van der Waals surface area contributed by atoms with Gasteiger partial charge in [-0.3, -0.25) is 0 Å². The van der Waals surface area contributed by atoms with Gasteiger partial charge in [0.1, 0.15) is 0 Å². The summed E-state index contributed by atoms with van der Waals surface area (Å²) in [5.74, 6) is 0. The minimum absolute atomic E-state index is 0.0577. The van der Waals surface area contributed by atoms with Gasteiger partial charge in [-0.05, 0) is 32.6 Å². The van der Waals surface area contributed by atoms with Crippen LogP contribution in [0.25, 0.3) is 0 Å². The standard InChI is InChI=1S/C10H22O3Si3/c1-14(2)12-16(11,13-15(3)4)10-8-6-5-7-9-10/h5-8,10-11,14-15H,9H2,1-4H3. The Bertz CT molecular complexity index is 266. The highest BCUT2D eigenvalue weighted by atomic mass is 28.5. The minimum Gasteiger partial charge on any atom is -0.419 e. The summed E-state index contributed by atoms with van der Waals surface area (Å²) in [6.45, 7) is 8.30. The molecule has 1 rings (SSSR count). The molecule has 0 saturated heterocycles. The quantitative estimate of drug-likeness (QED) is 0.777. The molecule has 1 unspecified atom stereocenters. The summed E-state index contributed by atoms with van der Waals surface area (Å²) in [6, 6.07) is 0. The summed E-state index contributed by atoms with van der Waals surface area (Å²) < 4.78 is 11.7. The molecule has 3 nitrogen and oxygen atoms in total. The zero-order valence-electron chi connectivity index (χ0n) is 10.5. The number of hydrogen-bond donors (Lipinski definition) is 1. The maximum atomic E-state index is 10.7. The van der Waals surface area contributed by atoms with Crippen LogP contribution in [0.3, 0.4) is 0 Å². The van der Waals surface area contributed by atoms with Gasteiger partial charge in [-0.2, -0.15) is 0 Å². The molecular weight excluding hydrogens is 252 g/mol. The molecule has 0 saturated carbocycles. The van der Waals surface area contributed by atoms with Crippen LogP contribution in [0.4, 0.5) is 0 Å². The van der Waals surface area contributed by atoms with Crippen LogP contribution in [0, 0.1) is 0 Å². The van der Waals surface area contributed by atoms with Crippen molar-refractivity contribution in [3.8, 4) is 0 Å². The van der Waals surface area contributed by atoms with Crippen LogP contribution >= 0.6 is 0 Å². The third-order valence-corrected chi connectivity index (χ3v) is 10.1. The molecule has 0 aliphatic heterocycles. The molecule has 0 fully saturated rings. The fourth-order valence-corrected chi connectivity index (χ4v) is 10.0. The van der Waals surface area contributed by atoms with E-state index in [1.165, 1.54) is 0 Å². The first-order chi connectivity index (χ1) is 7.44. The maximum Gasteiger partial charge on any atom is 0.484 e. The van der Waals surface area contributed by atoms with E-state index in [0.29, 0.717) is 0 Å².